The molecule has 30 heavy (non-hydrogen) atoms. The van der Waals surface area contributed by atoms with E-state index in [0.717, 1.165) is 24.3 Å². The molecule has 5 aliphatic rings. The third-order valence-corrected chi connectivity index (χ3v) is 9.03. The Kier molecular flexibility index (Phi) is 4.73. The van der Waals surface area contributed by atoms with E-state index >= 15 is 0 Å². The molecule has 1 heterocycles. The van der Waals surface area contributed by atoms with Gasteiger partial charge in [0.2, 0.25) is 5.91 Å². The molecule has 6 rings (SSSR count). The molecule has 0 saturated heterocycles. The molecular formula is C23H31N3O3S. The summed E-state index contributed by atoms with van der Waals surface area (Å²) in [4.78, 5) is 18.0. The molecule has 0 aromatic heterocycles. The SMILES string of the molecule is CC(C)[C@H](N=C1NS(=O)(=O)c2ccccc21)C(=O)NCC12CC3CC(CC(C3)C1)C2. The van der Waals surface area contributed by atoms with Crippen molar-refractivity contribution in [3.63, 3.8) is 0 Å². The summed E-state index contributed by atoms with van der Waals surface area (Å²) in [5, 5.41) is 3.22. The number of nitrogens with one attached hydrogen (secondary N) is 2. The lowest BCUT2D eigenvalue weighted by Gasteiger charge is -2.57. The Bertz CT molecular complexity index is 963. The fraction of sp³-hybridized carbons (Fsp3) is 0.652. The normalized spacial score (nSPS) is 35.3. The maximum Gasteiger partial charge on any atom is 0.263 e. The third-order valence-electron chi connectivity index (χ3n) is 7.63. The zero-order chi connectivity index (χ0) is 21.1. The number of carbonyl (C=O) groups excluding carboxylic acids is 1. The van der Waals surface area contributed by atoms with Gasteiger partial charge in [-0.25, -0.2) is 8.42 Å². The zero-order valence-electron chi connectivity index (χ0n) is 17.7. The highest BCUT2D eigenvalue weighted by molar-refractivity contribution is 7.90. The number of nitrogens with zero attached hydrogens (tertiary/aromatic N) is 1. The molecule has 1 aromatic rings. The number of carbonyl (C=O) groups is 1. The topological polar surface area (TPSA) is 87.6 Å². The van der Waals surface area contributed by atoms with Crippen molar-refractivity contribution in [3.05, 3.63) is 29.8 Å². The van der Waals surface area contributed by atoms with Gasteiger partial charge in [-0.15, -0.1) is 0 Å². The highest BCUT2D eigenvalue weighted by Gasteiger charge is 2.50. The van der Waals surface area contributed by atoms with Crippen LogP contribution in [0.2, 0.25) is 0 Å². The predicted molar refractivity (Wildman–Crippen MR) is 116 cm³/mol. The van der Waals surface area contributed by atoms with Crippen LogP contribution in [0.5, 0.6) is 0 Å². The van der Waals surface area contributed by atoms with Crippen molar-refractivity contribution < 1.29 is 13.2 Å². The van der Waals surface area contributed by atoms with Crippen molar-refractivity contribution in [1.29, 1.82) is 0 Å². The number of sulfonamides is 1. The lowest BCUT2D eigenvalue weighted by atomic mass is 9.49. The van der Waals surface area contributed by atoms with Crippen molar-refractivity contribution in [3.8, 4) is 0 Å². The Morgan fingerprint density at radius 1 is 1.13 bits per heavy atom. The van der Waals surface area contributed by atoms with E-state index in [4.69, 9.17) is 0 Å². The first-order valence-corrected chi connectivity index (χ1v) is 12.7. The summed E-state index contributed by atoms with van der Waals surface area (Å²) in [6, 6.07) is 6.16. The second-order valence-corrected chi connectivity index (χ2v) is 12.1. The number of rotatable bonds is 5. The largest absolute Gasteiger partial charge is 0.354 e. The van der Waals surface area contributed by atoms with Gasteiger partial charge in [0.05, 0.1) is 4.90 Å². The number of hydrogen-bond donors (Lipinski definition) is 2. The van der Waals surface area contributed by atoms with Crippen molar-refractivity contribution in [2.75, 3.05) is 6.54 Å². The molecule has 2 N–H and O–H groups in total. The molecule has 1 aliphatic heterocycles. The van der Waals surface area contributed by atoms with Gasteiger partial charge in [0.1, 0.15) is 11.9 Å². The van der Waals surface area contributed by atoms with Gasteiger partial charge in [0.25, 0.3) is 10.0 Å². The summed E-state index contributed by atoms with van der Waals surface area (Å²) in [5.74, 6) is 2.67. The van der Waals surface area contributed by atoms with Gasteiger partial charge in [0.15, 0.2) is 0 Å². The number of hydrogen-bond acceptors (Lipinski definition) is 4. The summed E-state index contributed by atoms with van der Waals surface area (Å²) in [6.07, 6.45) is 7.88. The van der Waals surface area contributed by atoms with E-state index in [2.05, 4.69) is 15.0 Å². The van der Waals surface area contributed by atoms with Gasteiger partial charge in [-0.3, -0.25) is 14.5 Å². The van der Waals surface area contributed by atoms with Crippen LogP contribution in [0.25, 0.3) is 0 Å². The van der Waals surface area contributed by atoms with Gasteiger partial charge >= 0.3 is 0 Å². The molecule has 0 spiro atoms. The maximum atomic E-state index is 13.1. The zero-order valence-corrected chi connectivity index (χ0v) is 18.5. The fourth-order valence-electron chi connectivity index (χ4n) is 6.76. The summed E-state index contributed by atoms with van der Waals surface area (Å²) < 4.78 is 27.3. The number of amidine groups is 1. The van der Waals surface area contributed by atoms with Crippen LogP contribution in [0, 0.1) is 29.1 Å². The monoisotopic (exact) mass is 429 g/mol. The Hall–Kier alpha value is -1.89. The van der Waals surface area contributed by atoms with E-state index in [0.29, 0.717) is 5.56 Å². The molecule has 4 saturated carbocycles. The van der Waals surface area contributed by atoms with E-state index in [1.165, 1.54) is 38.5 Å². The molecule has 0 unspecified atom stereocenters. The first kappa shape index (κ1) is 20.0. The molecule has 162 valence electrons. The Morgan fingerprint density at radius 2 is 1.73 bits per heavy atom. The molecule has 0 radical (unpaired) electrons. The number of aliphatic imine (C=N–C) groups is 1. The summed E-state index contributed by atoms with van der Waals surface area (Å²) >= 11 is 0. The minimum atomic E-state index is -3.61. The smallest absolute Gasteiger partial charge is 0.263 e. The minimum absolute atomic E-state index is 0.0360. The van der Waals surface area contributed by atoms with E-state index in [1.807, 2.05) is 13.8 Å². The lowest BCUT2D eigenvalue weighted by Crippen LogP contribution is -2.52. The van der Waals surface area contributed by atoms with Crippen LogP contribution < -0.4 is 10.0 Å². The summed E-state index contributed by atoms with van der Waals surface area (Å²) in [7, 11) is -3.61. The van der Waals surface area contributed by atoms with Crippen LogP contribution >= 0.6 is 0 Å². The first-order valence-electron chi connectivity index (χ1n) is 11.2. The molecule has 4 bridgehead atoms. The van der Waals surface area contributed by atoms with Gasteiger partial charge in [-0.1, -0.05) is 26.0 Å². The molecule has 4 fully saturated rings. The Morgan fingerprint density at radius 3 is 2.33 bits per heavy atom. The first-order chi connectivity index (χ1) is 14.2. The quantitative estimate of drug-likeness (QED) is 0.754. The highest BCUT2D eigenvalue weighted by atomic mass is 32.2. The molecule has 1 atom stereocenters. The van der Waals surface area contributed by atoms with Crippen LogP contribution in [0.15, 0.2) is 34.2 Å². The molecule has 7 heteroatoms. The average Bonchev–Trinajstić information content (AvgIpc) is 2.93. The number of fused-ring (bicyclic) bond motifs is 1. The molecule has 4 aliphatic carbocycles. The number of amides is 1. The predicted octanol–water partition coefficient (Wildman–Crippen LogP) is 3.08. The van der Waals surface area contributed by atoms with E-state index in [1.54, 1.807) is 24.3 Å². The van der Waals surface area contributed by atoms with Crippen molar-refractivity contribution in [2.45, 2.75) is 63.3 Å². The summed E-state index contributed by atoms with van der Waals surface area (Å²) in [5.41, 5.74) is 0.803. The second-order valence-electron chi connectivity index (χ2n) is 10.4. The van der Waals surface area contributed by atoms with Crippen LogP contribution in [0.4, 0.5) is 0 Å². The summed E-state index contributed by atoms with van der Waals surface area (Å²) in [6.45, 7) is 4.63. The Labute approximate surface area is 179 Å². The molecule has 6 nitrogen and oxygen atoms in total. The third kappa shape index (κ3) is 3.45. The van der Waals surface area contributed by atoms with Crippen LogP contribution in [-0.4, -0.2) is 32.7 Å². The van der Waals surface area contributed by atoms with E-state index in [-0.39, 0.29) is 28.0 Å². The van der Waals surface area contributed by atoms with Crippen molar-refractivity contribution in [2.24, 2.45) is 34.1 Å². The van der Waals surface area contributed by atoms with Crippen molar-refractivity contribution in [1.82, 2.24) is 10.0 Å². The van der Waals surface area contributed by atoms with E-state index in [9.17, 15) is 13.2 Å². The second kappa shape index (κ2) is 7.08. The van der Waals surface area contributed by atoms with Gasteiger partial charge < -0.3 is 5.32 Å². The highest BCUT2D eigenvalue weighted by Crippen LogP contribution is 2.59. The molecule has 1 aromatic carbocycles. The van der Waals surface area contributed by atoms with Gasteiger partial charge in [-0.2, -0.15) is 0 Å². The van der Waals surface area contributed by atoms with Crippen LogP contribution in [-0.2, 0) is 14.8 Å². The number of benzene rings is 1. The average molecular weight is 430 g/mol. The van der Waals surface area contributed by atoms with Gasteiger partial charge in [0, 0.05) is 12.1 Å². The minimum Gasteiger partial charge on any atom is -0.354 e. The van der Waals surface area contributed by atoms with Crippen LogP contribution in [0.3, 0.4) is 0 Å². The Balaban J connectivity index is 1.33. The fourth-order valence-corrected chi connectivity index (χ4v) is 8.00. The van der Waals surface area contributed by atoms with Crippen molar-refractivity contribution >= 4 is 21.8 Å². The standard InChI is InChI=1S/C23H31N3O3S/c1-14(2)20(25-21-18-5-3-4-6-19(18)30(28,29)26-21)22(27)24-13-23-10-15-7-16(11-23)9-17(8-15)12-23/h3-6,14-17,20H,7-13H2,1-2H3,(H,24,27)(H,25,26)/t15?,16?,17?,20-,23?/m0/s1. The lowest BCUT2D eigenvalue weighted by molar-refractivity contribution is -0.125. The van der Waals surface area contributed by atoms with Crippen LogP contribution in [0.1, 0.15) is 57.9 Å². The molecule has 1 amide bonds. The molecular weight excluding hydrogens is 398 g/mol. The van der Waals surface area contributed by atoms with E-state index < -0.39 is 16.1 Å². The van der Waals surface area contributed by atoms with Gasteiger partial charge in [-0.05, 0) is 79.7 Å². The maximum absolute atomic E-state index is 13.1.